The number of nitrogens with zero attached hydrogens (tertiary/aromatic N) is 1. The van der Waals surface area contributed by atoms with Crippen LogP contribution in [0.3, 0.4) is 0 Å². The second kappa shape index (κ2) is 8.51. The van der Waals surface area contributed by atoms with E-state index in [2.05, 4.69) is 40.8 Å². The van der Waals surface area contributed by atoms with E-state index in [0.29, 0.717) is 4.83 Å². The van der Waals surface area contributed by atoms with Crippen LogP contribution in [0.1, 0.15) is 45.1 Å². The van der Waals surface area contributed by atoms with Crippen molar-refractivity contribution >= 4 is 15.9 Å². The Bertz CT molecular complexity index is 317. The molecule has 0 aliphatic carbocycles. The molecule has 0 aliphatic rings. The van der Waals surface area contributed by atoms with E-state index in [1.165, 1.54) is 18.4 Å². The van der Waals surface area contributed by atoms with E-state index in [1.807, 2.05) is 6.20 Å². The van der Waals surface area contributed by atoms with Gasteiger partial charge in [-0.25, -0.2) is 0 Å². The summed E-state index contributed by atoms with van der Waals surface area (Å²) in [6.07, 6.45) is 9.44. The fourth-order valence-corrected chi connectivity index (χ4v) is 2.37. The molecule has 1 unspecified atom stereocenters. The average molecular weight is 300 g/mol. The smallest absolute Gasteiger partial charge is 0.137 e. The number of pyridine rings is 1. The van der Waals surface area contributed by atoms with Gasteiger partial charge < -0.3 is 4.74 Å². The van der Waals surface area contributed by atoms with Crippen LogP contribution in [0.2, 0.25) is 0 Å². The van der Waals surface area contributed by atoms with Crippen molar-refractivity contribution in [3.05, 3.63) is 24.0 Å². The number of rotatable bonds is 8. The predicted molar refractivity (Wildman–Crippen MR) is 76.0 cm³/mol. The van der Waals surface area contributed by atoms with Crippen LogP contribution in [-0.4, -0.2) is 16.4 Å². The van der Waals surface area contributed by atoms with Crippen molar-refractivity contribution in [1.29, 1.82) is 0 Å². The highest BCUT2D eigenvalue weighted by Crippen LogP contribution is 2.18. The monoisotopic (exact) mass is 299 g/mol. The maximum atomic E-state index is 5.58. The quantitative estimate of drug-likeness (QED) is 0.665. The second-order valence-electron chi connectivity index (χ2n) is 4.30. The standard InChI is InChI=1S/C14H22BrNO/c1-3-5-13(15)7-6-12-9-14(11-16-10-12)17-8-4-2/h9-11,13H,3-8H2,1-2H3. The second-order valence-corrected chi connectivity index (χ2v) is 5.60. The third kappa shape index (κ3) is 6.06. The lowest BCUT2D eigenvalue weighted by Gasteiger charge is -2.09. The van der Waals surface area contributed by atoms with Gasteiger partial charge >= 0.3 is 0 Å². The zero-order chi connectivity index (χ0) is 12.5. The maximum Gasteiger partial charge on any atom is 0.137 e. The summed E-state index contributed by atoms with van der Waals surface area (Å²) in [5.74, 6) is 0.894. The molecule has 0 spiro atoms. The van der Waals surface area contributed by atoms with Gasteiger partial charge in [0, 0.05) is 11.0 Å². The molecule has 2 nitrogen and oxygen atoms in total. The van der Waals surface area contributed by atoms with E-state index in [4.69, 9.17) is 4.74 Å². The molecule has 1 heterocycles. The molecule has 0 saturated carbocycles. The lowest BCUT2D eigenvalue weighted by Crippen LogP contribution is -2.01. The van der Waals surface area contributed by atoms with Gasteiger partial charge in [0.15, 0.2) is 0 Å². The first-order chi connectivity index (χ1) is 8.26. The Hall–Kier alpha value is -0.570. The van der Waals surface area contributed by atoms with Gasteiger partial charge in [-0.2, -0.15) is 0 Å². The van der Waals surface area contributed by atoms with E-state index in [1.54, 1.807) is 6.20 Å². The Kier molecular flexibility index (Phi) is 7.25. The molecule has 0 bridgehead atoms. The van der Waals surface area contributed by atoms with Crippen LogP contribution in [-0.2, 0) is 6.42 Å². The molecular formula is C14H22BrNO. The lowest BCUT2D eigenvalue weighted by atomic mass is 10.1. The van der Waals surface area contributed by atoms with Gasteiger partial charge in [-0.05, 0) is 37.3 Å². The van der Waals surface area contributed by atoms with Crippen LogP contribution in [0.15, 0.2) is 18.5 Å². The summed E-state index contributed by atoms with van der Waals surface area (Å²) in [6.45, 7) is 5.09. The van der Waals surface area contributed by atoms with Crippen LogP contribution in [0.4, 0.5) is 0 Å². The Morgan fingerprint density at radius 1 is 1.24 bits per heavy atom. The Morgan fingerprint density at radius 3 is 2.76 bits per heavy atom. The van der Waals surface area contributed by atoms with E-state index in [0.717, 1.165) is 31.6 Å². The summed E-state index contributed by atoms with van der Waals surface area (Å²) in [7, 11) is 0. The minimum Gasteiger partial charge on any atom is -0.492 e. The molecule has 0 N–H and O–H groups in total. The van der Waals surface area contributed by atoms with E-state index in [-0.39, 0.29) is 0 Å². The van der Waals surface area contributed by atoms with Crippen molar-refractivity contribution in [1.82, 2.24) is 4.98 Å². The number of ether oxygens (including phenoxy) is 1. The highest BCUT2D eigenvalue weighted by molar-refractivity contribution is 9.09. The Labute approximate surface area is 113 Å². The fourth-order valence-electron chi connectivity index (χ4n) is 1.68. The summed E-state index contributed by atoms with van der Waals surface area (Å²) >= 11 is 3.70. The number of aromatic nitrogens is 1. The van der Waals surface area contributed by atoms with Crippen molar-refractivity contribution in [2.24, 2.45) is 0 Å². The minimum atomic E-state index is 0.618. The van der Waals surface area contributed by atoms with Crippen LogP contribution < -0.4 is 4.74 Å². The largest absolute Gasteiger partial charge is 0.492 e. The van der Waals surface area contributed by atoms with Crippen LogP contribution in [0, 0.1) is 0 Å². The summed E-state index contributed by atoms with van der Waals surface area (Å²) in [5, 5.41) is 0. The van der Waals surface area contributed by atoms with Crippen LogP contribution >= 0.6 is 15.9 Å². The van der Waals surface area contributed by atoms with Crippen molar-refractivity contribution in [3.8, 4) is 5.75 Å². The molecule has 1 rings (SSSR count). The van der Waals surface area contributed by atoms with Gasteiger partial charge in [0.05, 0.1) is 12.8 Å². The van der Waals surface area contributed by atoms with Gasteiger partial charge in [0.2, 0.25) is 0 Å². The van der Waals surface area contributed by atoms with Gasteiger partial charge in [-0.15, -0.1) is 0 Å². The predicted octanol–water partition coefficient (Wildman–Crippen LogP) is 4.37. The number of hydrogen-bond donors (Lipinski definition) is 0. The molecule has 1 atom stereocenters. The Morgan fingerprint density at radius 2 is 2.06 bits per heavy atom. The van der Waals surface area contributed by atoms with Crippen molar-refractivity contribution in [3.63, 3.8) is 0 Å². The first-order valence-electron chi connectivity index (χ1n) is 6.47. The van der Waals surface area contributed by atoms with E-state index >= 15 is 0 Å². The van der Waals surface area contributed by atoms with Gasteiger partial charge in [0.25, 0.3) is 0 Å². The van der Waals surface area contributed by atoms with Crippen LogP contribution in [0.25, 0.3) is 0 Å². The summed E-state index contributed by atoms with van der Waals surface area (Å²) < 4.78 is 5.58. The maximum absolute atomic E-state index is 5.58. The molecule has 1 aromatic heterocycles. The number of halogens is 1. The third-order valence-electron chi connectivity index (χ3n) is 2.59. The fraction of sp³-hybridized carbons (Fsp3) is 0.643. The highest BCUT2D eigenvalue weighted by atomic mass is 79.9. The zero-order valence-corrected chi connectivity index (χ0v) is 12.4. The molecule has 17 heavy (non-hydrogen) atoms. The molecular weight excluding hydrogens is 278 g/mol. The number of alkyl halides is 1. The van der Waals surface area contributed by atoms with Gasteiger partial charge in [-0.3, -0.25) is 4.98 Å². The van der Waals surface area contributed by atoms with Crippen LogP contribution in [0.5, 0.6) is 5.75 Å². The average Bonchev–Trinajstić information content (AvgIpc) is 2.35. The lowest BCUT2D eigenvalue weighted by molar-refractivity contribution is 0.316. The number of aryl methyl sites for hydroxylation is 1. The molecule has 0 saturated heterocycles. The molecule has 96 valence electrons. The molecule has 0 aliphatic heterocycles. The minimum absolute atomic E-state index is 0.618. The molecule has 0 aromatic carbocycles. The topological polar surface area (TPSA) is 22.1 Å². The molecule has 0 amide bonds. The molecule has 0 fully saturated rings. The van der Waals surface area contributed by atoms with Gasteiger partial charge in [-0.1, -0.05) is 36.2 Å². The first kappa shape index (κ1) is 14.5. The normalized spacial score (nSPS) is 12.4. The summed E-state index contributed by atoms with van der Waals surface area (Å²) in [6, 6.07) is 2.11. The van der Waals surface area contributed by atoms with Crippen molar-refractivity contribution < 1.29 is 4.74 Å². The van der Waals surface area contributed by atoms with Crippen molar-refractivity contribution in [2.75, 3.05) is 6.61 Å². The number of hydrogen-bond acceptors (Lipinski definition) is 2. The van der Waals surface area contributed by atoms with Crippen molar-refractivity contribution in [2.45, 2.75) is 50.8 Å². The first-order valence-corrected chi connectivity index (χ1v) is 7.38. The van der Waals surface area contributed by atoms with E-state index in [9.17, 15) is 0 Å². The molecule has 1 aromatic rings. The summed E-state index contributed by atoms with van der Waals surface area (Å²) in [4.78, 5) is 4.84. The summed E-state index contributed by atoms with van der Waals surface area (Å²) in [5.41, 5.74) is 1.26. The highest BCUT2D eigenvalue weighted by Gasteiger charge is 2.04. The van der Waals surface area contributed by atoms with E-state index < -0.39 is 0 Å². The zero-order valence-electron chi connectivity index (χ0n) is 10.8. The Balaban J connectivity index is 2.42. The van der Waals surface area contributed by atoms with Gasteiger partial charge in [0.1, 0.15) is 5.75 Å². The molecule has 3 heteroatoms. The molecule has 0 radical (unpaired) electrons. The third-order valence-corrected chi connectivity index (χ3v) is 3.51. The SMILES string of the molecule is CCCOc1cncc(CCC(Br)CCC)c1.